The van der Waals surface area contributed by atoms with Gasteiger partial charge in [-0.05, 0) is 42.6 Å². The van der Waals surface area contributed by atoms with Crippen LogP contribution < -0.4 is 5.32 Å². The predicted octanol–water partition coefficient (Wildman–Crippen LogP) is 2.20. The molecular formula is C14H25NO. The second-order valence-corrected chi connectivity index (χ2v) is 6.58. The maximum absolute atomic E-state index is 9.92. The monoisotopic (exact) mass is 223 g/mol. The number of allylic oxidation sites excluding steroid dienone is 2. The number of fused-ring (bicyclic) bond motifs is 2. The first-order chi connectivity index (χ1) is 7.47. The third-order valence-electron chi connectivity index (χ3n) is 4.16. The summed E-state index contributed by atoms with van der Waals surface area (Å²) in [5, 5.41) is 13.3. The van der Waals surface area contributed by atoms with Crippen LogP contribution in [0, 0.1) is 23.2 Å². The molecule has 1 fully saturated rings. The van der Waals surface area contributed by atoms with Gasteiger partial charge in [-0.25, -0.2) is 0 Å². The topological polar surface area (TPSA) is 32.3 Å². The third-order valence-corrected chi connectivity index (χ3v) is 4.16. The first kappa shape index (κ1) is 12.1. The van der Waals surface area contributed by atoms with Gasteiger partial charge in [0.05, 0.1) is 6.10 Å². The van der Waals surface area contributed by atoms with Gasteiger partial charge in [0.1, 0.15) is 0 Å². The molecule has 2 rings (SSSR count). The van der Waals surface area contributed by atoms with Crippen molar-refractivity contribution in [1.82, 2.24) is 5.32 Å². The van der Waals surface area contributed by atoms with E-state index in [1.165, 1.54) is 12.8 Å². The zero-order valence-corrected chi connectivity index (χ0v) is 10.7. The molecule has 2 bridgehead atoms. The van der Waals surface area contributed by atoms with E-state index in [1.54, 1.807) is 0 Å². The summed E-state index contributed by atoms with van der Waals surface area (Å²) in [6.07, 6.45) is 7.24. The maximum Gasteiger partial charge on any atom is 0.0712 e. The smallest absolute Gasteiger partial charge is 0.0712 e. The van der Waals surface area contributed by atoms with Crippen LogP contribution in [0.4, 0.5) is 0 Å². The molecule has 0 radical (unpaired) electrons. The Bertz CT molecular complexity index is 266. The molecule has 2 heteroatoms. The Labute approximate surface area is 99.1 Å². The quantitative estimate of drug-likeness (QED) is 0.716. The van der Waals surface area contributed by atoms with Crippen molar-refractivity contribution in [2.75, 3.05) is 13.1 Å². The van der Waals surface area contributed by atoms with Crippen LogP contribution in [0.5, 0.6) is 0 Å². The predicted molar refractivity (Wildman–Crippen MR) is 67.2 cm³/mol. The highest BCUT2D eigenvalue weighted by atomic mass is 16.3. The van der Waals surface area contributed by atoms with E-state index in [-0.39, 0.29) is 11.5 Å². The highest BCUT2D eigenvalue weighted by molar-refractivity contribution is 5.10. The highest BCUT2D eigenvalue weighted by Crippen LogP contribution is 2.42. The molecule has 0 aromatic carbocycles. The van der Waals surface area contributed by atoms with E-state index in [0.717, 1.165) is 30.8 Å². The summed E-state index contributed by atoms with van der Waals surface area (Å²) in [5.74, 6) is 2.47. The normalized spacial score (nSPS) is 34.6. The van der Waals surface area contributed by atoms with Crippen LogP contribution in [0.3, 0.4) is 0 Å². The Morgan fingerprint density at radius 2 is 2.06 bits per heavy atom. The number of aliphatic hydroxyl groups excluding tert-OH is 1. The first-order valence-corrected chi connectivity index (χ1v) is 6.54. The van der Waals surface area contributed by atoms with Crippen LogP contribution in [-0.2, 0) is 0 Å². The molecule has 0 aromatic heterocycles. The molecular weight excluding hydrogens is 198 g/mol. The van der Waals surface area contributed by atoms with E-state index >= 15 is 0 Å². The Morgan fingerprint density at radius 1 is 1.31 bits per heavy atom. The molecule has 2 aliphatic carbocycles. The number of hydrogen-bond donors (Lipinski definition) is 2. The first-order valence-electron chi connectivity index (χ1n) is 6.54. The molecule has 16 heavy (non-hydrogen) atoms. The van der Waals surface area contributed by atoms with Gasteiger partial charge in [0.2, 0.25) is 0 Å². The van der Waals surface area contributed by atoms with Gasteiger partial charge in [-0.15, -0.1) is 0 Å². The summed E-state index contributed by atoms with van der Waals surface area (Å²) in [6, 6.07) is 0. The molecule has 0 amide bonds. The minimum atomic E-state index is -0.248. The van der Waals surface area contributed by atoms with Gasteiger partial charge in [0.25, 0.3) is 0 Å². The van der Waals surface area contributed by atoms with E-state index in [9.17, 15) is 5.11 Å². The van der Waals surface area contributed by atoms with Crippen molar-refractivity contribution < 1.29 is 5.11 Å². The lowest BCUT2D eigenvalue weighted by Gasteiger charge is -2.27. The maximum atomic E-state index is 9.92. The van der Waals surface area contributed by atoms with Crippen LogP contribution in [0.2, 0.25) is 0 Å². The van der Waals surface area contributed by atoms with Crippen molar-refractivity contribution in [3.8, 4) is 0 Å². The minimum Gasteiger partial charge on any atom is -0.391 e. The number of hydrogen-bond acceptors (Lipinski definition) is 2. The molecule has 2 N–H and O–H groups in total. The summed E-state index contributed by atoms with van der Waals surface area (Å²) in [7, 11) is 0. The minimum absolute atomic E-state index is 0.0123. The summed E-state index contributed by atoms with van der Waals surface area (Å²) in [4.78, 5) is 0. The van der Waals surface area contributed by atoms with Gasteiger partial charge in [-0.2, -0.15) is 0 Å². The molecule has 0 heterocycles. The van der Waals surface area contributed by atoms with Crippen molar-refractivity contribution in [1.29, 1.82) is 0 Å². The van der Waals surface area contributed by atoms with Gasteiger partial charge >= 0.3 is 0 Å². The molecule has 2 nitrogen and oxygen atoms in total. The van der Waals surface area contributed by atoms with E-state index in [2.05, 4.69) is 38.2 Å². The fourth-order valence-electron chi connectivity index (χ4n) is 2.84. The average Bonchev–Trinajstić information content (AvgIpc) is 2.77. The Kier molecular flexibility index (Phi) is 3.41. The zero-order valence-electron chi connectivity index (χ0n) is 10.7. The van der Waals surface area contributed by atoms with Crippen molar-refractivity contribution in [2.24, 2.45) is 23.2 Å². The molecule has 0 aromatic rings. The van der Waals surface area contributed by atoms with Crippen molar-refractivity contribution in [3.63, 3.8) is 0 Å². The number of nitrogens with one attached hydrogen (secondary N) is 1. The number of aliphatic hydroxyl groups is 1. The van der Waals surface area contributed by atoms with E-state index < -0.39 is 0 Å². The van der Waals surface area contributed by atoms with Crippen LogP contribution in [0.1, 0.15) is 33.6 Å². The summed E-state index contributed by atoms with van der Waals surface area (Å²) < 4.78 is 0. The largest absolute Gasteiger partial charge is 0.391 e. The van der Waals surface area contributed by atoms with Gasteiger partial charge in [-0.1, -0.05) is 32.9 Å². The SMILES string of the molecule is CC(C)(C)C(O)CNCC1CC2C=CC1C2. The van der Waals surface area contributed by atoms with Crippen LogP contribution in [0.25, 0.3) is 0 Å². The lowest BCUT2D eigenvalue weighted by molar-refractivity contribution is 0.0619. The molecule has 1 saturated carbocycles. The highest BCUT2D eigenvalue weighted by Gasteiger charge is 2.35. The fourth-order valence-corrected chi connectivity index (χ4v) is 2.84. The second kappa shape index (κ2) is 4.50. The van der Waals surface area contributed by atoms with Gasteiger partial charge < -0.3 is 10.4 Å². The molecule has 0 saturated heterocycles. The van der Waals surface area contributed by atoms with Gasteiger partial charge in [0.15, 0.2) is 0 Å². The Hall–Kier alpha value is -0.340. The van der Waals surface area contributed by atoms with Crippen LogP contribution in [-0.4, -0.2) is 24.3 Å². The molecule has 2 aliphatic rings. The van der Waals surface area contributed by atoms with E-state index in [0.29, 0.717) is 0 Å². The molecule has 4 unspecified atom stereocenters. The summed E-state index contributed by atoms with van der Waals surface area (Å²) in [5.41, 5.74) is -0.0123. The third kappa shape index (κ3) is 2.67. The standard InChI is InChI=1S/C14H25NO/c1-14(2,3)13(16)9-15-8-12-7-10-4-5-11(12)6-10/h4-5,10-13,15-16H,6-9H2,1-3H3. The van der Waals surface area contributed by atoms with Gasteiger partial charge in [0, 0.05) is 6.54 Å². The van der Waals surface area contributed by atoms with Crippen molar-refractivity contribution in [2.45, 2.75) is 39.7 Å². The zero-order chi connectivity index (χ0) is 11.8. The van der Waals surface area contributed by atoms with Crippen molar-refractivity contribution in [3.05, 3.63) is 12.2 Å². The van der Waals surface area contributed by atoms with Crippen molar-refractivity contribution >= 4 is 0 Å². The molecule has 4 atom stereocenters. The molecule has 0 aliphatic heterocycles. The summed E-state index contributed by atoms with van der Waals surface area (Å²) >= 11 is 0. The van der Waals surface area contributed by atoms with Gasteiger partial charge in [-0.3, -0.25) is 0 Å². The molecule has 92 valence electrons. The van der Waals surface area contributed by atoms with Crippen LogP contribution >= 0.6 is 0 Å². The lowest BCUT2D eigenvalue weighted by Crippen LogP contribution is -2.38. The van der Waals surface area contributed by atoms with Crippen LogP contribution in [0.15, 0.2) is 12.2 Å². The van der Waals surface area contributed by atoms with E-state index in [1.807, 2.05) is 0 Å². The Balaban J connectivity index is 1.67. The molecule has 0 spiro atoms. The Morgan fingerprint density at radius 3 is 2.56 bits per heavy atom. The summed E-state index contributed by atoms with van der Waals surface area (Å²) in [6.45, 7) is 8.04. The lowest BCUT2D eigenvalue weighted by atomic mass is 9.88. The fraction of sp³-hybridized carbons (Fsp3) is 0.857. The van der Waals surface area contributed by atoms with E-state index in [4.69, 9.17) is 0 Å². The second-order valence-electron chi connectivity index (χ2n) is 6.58. The number of rotatable bonds is 4. The average molecular weight is 223 g/mol.